The Hall–Kier alpha value is -3.35. The maximum Gasteiger partial charge on any atom is 0.181 e. The average Bonchev–Trinajstić information content (AvgIpc) is 3.46. The summed E-state index contributed by atoms with van der Waals surface area (Å²) in [7, 11) is 0. The van der Waals surface area contributed by atoms with E-state index in [4.69, 9.17) is 11.2 Å². The smallest absolute Gasteiger partial charge is 0.181 e. The lowest BCUT2D eigenvalue weighted by Gasteiger charge is -2.09. The average molecular weight is 367 g/mol. The number of Topliss-reactive ketones (excluding diaryl/α,β-unsaturated/α-hetero) is 1. The molecule has 3 aromatic carbocycles. The summed E-state index contributed by atoms with van der Waals surface area (Å²) in [6.07, 6.45) is 5.36. The van der Waals surface area contributed by atoms with Crippen molar-refractivity contribution in [3.63, 3.8) is 0 Å². The summed E-state index contributed by atoms with van der Waals surface area (Å²) in [5.41, 5.74) is 2.91. The Kier molecular flexibility index (Phi) is 5.23. The lowest BCUT2D eigenvalue weighted by atomic mass is 10.0. The molecule has 1 aliphatic rings. The van der Waals surface area contributed by atoms with Crippen LogP contribution in [0.3, 0.4) is 0 Å². The number of carbonyl (C=O) groups excluding carboxylic acids is 1. The minimum atomic E-state index is -0.210. The third-order valence-corrected chi connectivity index (χ3v) is 5.01. The van der Waals surface area contributed by atoms with Gasteiger partial charge in [-0.25, -0.2) is 0 Å². The fourth-order valence-corrected chi connectivity index (χ4v) is 3.66. The maximum atomic E-state index is 13.2. The van der Waals surface area contributed by atoms with Crippen LogP contribution in [0.2, 0.25) is 0 Å². The Morgan fingerprint density at radius 1 is 0.929 bits per heavy atom. The second-order valence-corrected chi connectivity index (χ2v) is 6.81. The Morgan fingerprint density at radius 2 is 1.57 bits per heavy atom. The van der Waals surface area contributed by atoms with Crippen molar-refractivity contribution >= 4 is 5.78 Å². The molecule has 4 rings (SSSR count). The highest BCUT2D eigenvalue weighted by Gasteiger charge is 2.53. The summed E-state index contributed by atoms with van der Waals surface area (Å²) in [5, 5.41) is 0. The van der Waals surface area contributed by atoms with Gasteiger partial charge in [0.1, 0.15) is 12.4 Å². The monoisotopic (exact) mass is 367 g/mol. The van der Waals surface area contributed by atoms with E-state index in [1.165, 1.54) is 5.56 Å². The molecule has 1 heterocycles. The molecule has 3 aromatic rings. The number of nitrogens with zero attached hydrogens (tertiary/aromatic N) is 1. The third kappa shape index (κ3) is 3.69. The Bertz CT molecular complexity index is 992. The topological polar surface area (TPSA) is 29.3 Å². The van der Waals surface area contributed by atoms with Crippen LogP contribution >= 0.6 is 0 Å². The molecule has 0 bridgehead atoms. The summed E-state index contributed by atoms with van der Waals surface area (Å²) in [5.74, 6) is 3.39. The molecule has 0 aromatic heterocycles. The molecule has 0 N–H and O–H groups in total. The van der Waals surface area contributed by atoms with Gasteiger partial charge < -0.3 is 4.74 Å². The summed E-state index contributed by atoms with van der Waals surface area (Å²) in [4.78, 5) is 15.4. The SMILES string of the molecule is C#CCOc1ccccc1[C@@H]1C(C(=O)c2ccccc2)N1Cc1ccccc1. The maximum absolute atomic E-state index is 13.2. The highest BCUT2D eigenvalue weighted by Crippen LogP contribution is 2.48. The van der Waals surface area contributed by atoms with E-state index in [1.54, 1.807) is 0 Å². The Morgan fingerprint density at radius 3 is 2.29 bits per heavy atom. The molecular weight excluding hydrogens is 346 g/mol. The predicted octanol–water partition coefficient (Wildman–Crippen LogP) is 4.51. The van der Waals surface area contributed by atoms with Crippen LogP contribution in [-0.4, -0.2) is 23.3 Å². The van der Waals surface area contributed by atoms with Crippen LogP contribution in [0.15, 0.2) is 84.9 Å². The molecule has 3 heteroatoms. The first-order chi connectivity index (χ1) is 13.8. The second-order valence-electron chi connectivity index (χ2n) is 6.81. The highest BCUT2D eigenvalue weighted by molar-refractivity contribution is 6.02. The first kappa shape index (κ1) is 18.0. The van der Waals surface area contributed by atoms with Gasteiger partial charge in [0.25, 0.3) is 0 Å². The van der Waals surface area contributed by atoms with Gasteiger partial charge in [0.05, 0.1) is 12.1 Å². The summed E-state index contributed by atoms with van der Waals surface area (Å²) < 4.78 is 5.75. The van der Waals surface area contributed by atoms with Gasteiger partial charge >= 0.3 is 0 Å². The van der Waals surface area contributed by atoms with E-state index >= 15 is 0 Å². The summed E-state index contributed by atoms with van der Waals surface area (Å²) >= 11 is 0. The number of benzene rings is 3. The van der Waals surface area contributed by atoms with Crippen molar-refractivity contribution in [1.82, 2.24) is 4.90 Å². The molecule has 0 saturated carbocycles. The van der Waals surface area contributed by atoms with Crippen LogP contribution in [-0.2, 0) is 6.54 Å². The van der Waals surface area contributed by atoms with Gasteiger partial charge in [0.15, 0.2) is 5.78 Å². The molecule has 3 atom stereocenters. The molecule has 1 saturated heterocycles. The summed E-state index contributed by atoms with van der Waals surface area (Å²) in [6, 6.07) is 27.3. The van der Waals surface area contributed by atoms with Crippen molar-refractivity contribution < 1.29 is 9.53 Å². The number of para-hydroxylation sites is 1. The van der Waals surface area contributed by atoms with Crippen LogP contribution in [0.4, 0.5) is 0 Å². The second kappa shape index (κ2) is 8.12. The lowest BCUT2D eigenvalue weighted by Crippen LogP contribution is -2.13. The zero-order valence-electron chi connectivity index (χ0n) is 15.5. The molecule has 0 amide bonds. The van der Waals surface area contributed by atoms with E-state index in [2.05, 4.69) is 23.0 Å². The number of rotatable bonds is 7. The predicted molar refractivity (Wildman–Crippen MR) is 110 cm³/mol. The number of hydrogen-bond acceptors (Lipinski definition) is 3. The normalized spacial score (nSPS) is 20.2. The van der Waals surface area contributed by atoms with Crippen molar-refractivity contribution in [3.8, 4) is 18.1 Å². The molecule has 138 valence electrons. The zero-order chi connectivity index (χ0) is 19.3. The molecule has 1 aliphatic heterocycles. The van der Waals surface area contributed by atoms with Crippen molar-refractivity contribution in [1.29, 1.82) is 0 Å². The van der Waals surface area contributed by atoms with Gasteiger partial charge in [-0.3, -0.25) is 9.69 Å². The van der Waals surface area contributed by atoms with Crippen LogP contribution < -0.4 is 4.74 Å². The molecule has 28 heavy (non-hydrogen) atoms. The van der Waals surface area contributed by atoms with Gasteiger partial charge in [-0.2, -0.15) is 0 Å². The van der Waals surface area contributed by atoms with Crippen molar-refractivity contribution in [2.75, 3.05) is 6.61 Å². The fourth-order valence-electron chi connectivity index (χ4n) is 3.66. The largest absolute Gasteiger partial charge is 0.481 e. The molecule has 1 fully saturated rings. The summed E-state index contributed by atoms with van der Waals surface area (Å²) in [6.45, 7) is 0.915. The van der Waals surface area contributed by atoms with Gasteiger partial charge in [-0.15, -0.1) is 6.42 Å². The number of hydrogen-bond donors (Lipinski definition) is 0. The zero-order valence-corrected chi connectivity index (χ0v) is 15.5. The van der Waals surface area contributed by atoms with E-state index in [1.807, 2.05) is 72.8 Å². The lowest BCUT2D eigenvalue weighted by molar-refractivity contribution is 0.0973. The number of carbonyl (C=O) groups is 1. The standard InChI is InChI=1S/C25H21NO2/c1-2-17-28-22-16-10-9-15-21(22)23-24(25(27)20-13-7-4-8-14-20)26(23)18-19-11-5-3-6-12-19/h1,3-16,23-24H,17-18H2/t23-,24?,26?/m1/s1. The van der Waals surface area contributed by atoms with Crippen molar-refractivity contribution in [3.05, 3.63) is 102 Å². The van der Waals surface area contributed by atoms with Gasteiger partial charge in [-0.1, -0.05) is 84.8 Å². The van der Waals surface area contributed by atoms with E-state index < -0.39 is 0 Å². The Balaban J connectivity index is 1.65. The minimum absolute atomic E-state index is 0.0260. The van der Waals surface area contributed by atoms with Crippen LogP contribution in [0.25, 0.3) is 0 Å². The molecule has 0 radical (unpaired) electrons. The number of ether oxygens (including phenoxy) is 1. The van der Waals surface area contributed by atoms with Crippen LogP contribution in [0, 0.1) is 12.3 Å². The fraction of sp³-hybridized carbons (Fsp3) is 0.160. The molecule has 0 spiro atoms. The van der Waals surface area contributed by atoms with Crippen LogP contribution in [0.1, 0.15) is 27.5 Å². The van der Waals surface area contributed by atoms with Gasteiger partial charge in [0, 0.05) is 17.7 Å². The van der Waals surface area contributed by atoms with E-state index in [-0.39, 0.29) is 24.5 Å². The van der Waals surface area contributed by atoms with E-state index in [0.29, 0.717) is 6.54 Å². The van der Waals surface area contributed by atoms with Crippen LogP contribution in [0.5, 0.6) is 5.75 Å². The molecule has 0 aliphatic carbocycles. The minimum Gasteiger partial charge on any atom is -0.481 e. The van der Waals surface area contributed by atoms with Crippen molar-refractivity contribution in [2.45, 2.75) is 18.6 Å². The quantitative estimate of drug-likeness (QED) is 0.350. The van der Waals surface area contributed by atoms with Crippen molar-refractivity contribution in [2.24, 2.45) is 0 Å². The number of ketones is 1. The highest BCUT2D eigenvalue weighted by atomic mass is 16.5. The first-order valence-electron chi connectivity index (χ1n) is 9.33. The molecule has 3 nitrogen and oxygen atoms in total. The van der Waals surface area contributed by atoms with E-state index in [9.17, 15) is 4.79 Å². The molecular formula is C25H21NO2. The van der Waals surface area contributed by atoms with Gasteiger partial charge in [-0.05, 0) is 11.6 Å². The number of terminal acetylenes is 1. The van der Waals surface area contributed by atoms with Gasteiger partial charge in [0.2, 0.25) is 0 Å². The molecule has 2 unspecified atom stereocenters. The first-order valence-corrected chi connectivity index (χ1v) is 9.33. The van der Waals surface area contributed by atoms with E-state index in [0.717, 1.165) is 16.9 Å². The Labute approximate surface area is 165 Å². The third-order valence-electron chi connectivity index (χ3n) is 5.01.